The molecule has 0 aliphatic carbocycles. The van der Waals surface area contributed by atoms with Crippen LogP contribution in [0.2, 0.25) is 0 Å². The molecule has 2 aromatic rings. The molecule has 9 heteroatoms. The average Bonchev–Trinajstić information content (AvgIpc) is 3.25. The van der Waals surface area contributed by atoms with E-state index in [0.717, 1.165) is 17.3 Å². The minimum Gasteiger partial charge on any atom is -0.454 e. The van der Waals surface area contributed by atoms with Crippen LogP contribution in [0.4, 0.5) is 9.18 Å². The first kappa shape index (κ1) is 21.3. The Bertz CT molecular complexity index is 1070. The largest absolute Gasteiger partial charge is 0.454 e. The summed E-state index contributed by atoms with van der Waals surface area (Å²) in [5.74, 6) is -0.243. The minimum atomic E-state index is -0.537. The van der Waals surface area contributed by atoms with Crippen molar-refractivity contribution in [3.05, 3.63) is 64.3 Å². The van der Waals surface area contributed by atoms with Crippen LogP contribution in [0, 0.1) is 5.82 Å². The maximum atomic E-state index is 14.5. The number of ether oxygens (including phenoxy) is 2. The number of amides is 2. The molecule has 0 spiro atoms. The summed E-state index contributed by atoms with van der Waals surface area (Å²) in [6.07, 6.45) is 1.97. The summed E-state index contributed by atoms with van der Waals surface area (Å²) in [7, 11) is 0. The Morgan fingerprint density at radius 1 is 1.29 bits per heavy atom. The lowest BCUT2D eigenvalue weighted by molar-refractivity contribution is -0.115. The van der Waals surface area contributed by atoms with Crippen molar-refractivity contribution in [1.82, 2.24) is 10.2 Å². The predicted octanol–water partition coefficient (Wildman–Crippen LogP) is 4.49. The number of cyclic esters (lactones) is 1. The SMILES string of the molecule is CCN1C(=O)OCC1Cc1ccc(Oc2ccc(/C=C3/SC(=S)NC3=O)cc2F)cc1. The second-order valence-electron chi connectivity index (χ2n) is 7.01. The quantitative estimate of drug-likeness (QED) is 0.508. The number of carbonyl (C=O) groups is 2. The monoisotopic (exact) mass is 458 g/mol. The molecule has 6 nitrogen and oxygen atoms in total. The molecule has 2 aliphatic rings. The van der Waals surface area contributed by atoms with E-state index in [1.54, 1.807) is 29.2 Å². The molecule has 2 amide bonds. The molecule has 2 saturated heterocycles. The predicted molar refractivity (Wildman–Crippen MR) is 120 cm³/mol. The van der Waals surface area contributed by atoms with Crippen LogP contribution in [0.5, 0.6) is 11.5 Å². The molecule has 2 aliphatic heterocycles. The molecule has 2 heterocycles. The number of thiocarbonyl (C=S) groups is 1. The number of likely N-dealkylation sites (N-methyl/N-ethyl adjacent to an activating group) is 1. The normalized spacial score (nSPS) is 19.7. The van der Waals surface area contributed by atoms with Crippen molar-refractivity contribution in [3.63, 3.8) is 0 Å². The second kappa shape index (κ2) is 9.07. The number of thioether (sulfide) groups is 1. The van der Waals surface area contributed by atoms with Crippen molar-refractivity contribution in [1.29, 1.82) is 0 Å². The molecule has 0 saturated carbocycles. The van der Waals surface area contributed by atoms with Crippen LogP contribution < -0.4 is 10.1 Å². The van der Waals surface area contributed by atoms with Gasteiger partial charge in [0.05, 0.1) is 10.9 Å². The first-order valence-electron chi connectivity index (χ1n) is 9.67. The molecule has 0 bridgehead atoms. The van der Waals surface area contributed by atoms with E-state index in [-0.39, 0.29) is 23.8 Å². The summed E-state index contributed by atoms with van der Waals surface area (Å²) >= 11 is 6.09. The molecule has 1 atom stereocenters. The van der Waals surface area contributed by atoms with Gasteiger partial charge in [-0.1, -0.05) is 42.2 Å². The molecular formula is C22H19FN2O4S2. The number of hydrogen-bond donors (Lipinski definition) is 1. The van der Waals surface area contributed by atoms with Gasteiger partial charge in [0.15, 0.2) is 11.6 Å². The summed E-state index contributed by atoms with van der Waals surface area (Å²) < 4.78 is 25.7. The fourth-order valence-corrected chi connectivity index (χ4v) is 4.44. The van der Waals surface area contributed by atoms with Gasteiger partial charge in [-0.3, -0.25) is 4.79 Å². The maximum Gasteiger partial charge on any atom is 0.410 e. The minimum absolute atomic E-state index is 0.0119. The fourth-order valence-electron chi connectivity index (χ4n) is 3.40. The van der Waals surface area contributed by atoms with Gasteiger partial charge in [0.25, 0.3) is 5.91 Å². The Morgan fingerprint density at radius 3 is 2.71 bits per heavy atom. The van der Waals surface area contributed by atoms with E-state index in [4.69, 9.17) is 21.7 Å². The van der Waals surface area contributed by atoms with E-state index in [1.807, 2.05) is 19.1 Å². The van der Waals surface area contributed by atoms with E-state index in [0.29, 0.717) is 40.1 Å². The summed E-state index contributed by atoms with van der Waals surface area (Å²) in [5, 5.41) is 2.52. The number of hydrogen-bond acceptors (Lipinski definition) is 6. The first-order chi connectivity index (χ1) is 14.9. The van der Waals surface area contributed by atoms with E-state index >= 15 is 0 Å². The number of halogens is 1. The highest BCUT2D eigenvalue weighted by Gasteiger charge is 2.31. The molecule has 4 rings (SSSR count). The third kappa shape index (κ3) is 4.88. The molecular weight excluding hydrogens is 439 g/mol. The van der Waals surface area contributed by atoms with Crippen LogP contribution in [0.25, 0.3) is 6.08 Å². The van der Waals surface area contributed by atoms with Gasteiger partial charge in [0.1, 0.15) is 16.7 Å². The Labute approximate surface area is 188 Å². The van der Waals surface area contributed by atoms with Gasteiger partial charge in [0.2, 0.25) is 0 Å². The van der Waals surface area contributed by atoms with Gasteiger partial charge < -0.3 is 19.7 Å². The zero-order valence-corrected chi connectivity index (χ0v) is 18.2. The summed E-state index contributed by atoms with van der Waals surface area (Å²) in [6.45, 7) is 2.90. The van der Waals surface area contributed by atoms with Crippen molar-refractivity contribution < 1.29 is 23.5 Å². The highest BCUT2D eigenvalue weighted by atomic mass is 32.2. The number of nitrogens with one attached hydrogen (secondary N) is 1. The van der Waals surface area contributed by atoms with Gasteiger partial charge in [-0.2, -0.15) is 0 Å². The lowest BCUT2D eigenvalue weighted by atomic mass is 10.1. The number of carbonyl (C=O) groups excluding carboxylic acids is 2. The van der Waals surface area contributed by atoms with Crippen molar-refractivity contribution in [3.8, 4) is 11.5 Å². The Kier molecular flexibility index (Phi) is 6.24. The van der Waals surface area contributed by atoms with Crippen molar-refractivity contribution in [2.45, 2.75) is 19.4 Å². The molecule has 2 fully saturated rings. The second-order valence-corrected chi connectivity index (χ2v) is 8.73. The molecule has 0 radical (unpaired) electrons. The third-order valence-corrected chi connectivity index (χ3v) is 6.10. The Balaban J connectivity index is 1.41. The molecule has 31 heavy (non-hydrogen) atoms. The highest BCUT2D eigenvalue weighted by molar-refractivity contribution is 8.26. The van der Waals surface area contributed by atoms with Gasteiger partial charge in [-0.05, 0) is 54.8 Å². The van der Waals surface area contributed by atoms with Crippen LogP contribution in [0.1, 0.15) is 18.1 Å². The van der Waals surface area contributed by atoms with Crippen LogP contribution in [-0.4, -0.2) is 40.4 Å². The fraction of sp³-hybridized carbons (Fsp3) is 0.227. The van der Waals surface area contributed by atoms with Gasteiger partial charge in [-0.25, -0.2) is 9.18 Å². The van der Waals surface area contributed by atoms with Gasteiger partial charge in [0, 0.05) is 6.54 Å². The molecule has 160 valence electrons. The van der Waals surface area contributed by atoms with E-state index in [9.17, 15) is 14.0 Å². The van der Waals surface area contributed by atoms with Crippen molar-refractivity contribution in [2.75, 3.05) is 13.2 Å². The zero-order valence-electron chi connectivity index (χ0n) is 16.6. The van der Waals surface area contributed by atoms with Crippen LogP contribution in [-0.2, 0) is 16.0 Å². The van der Waals surface area contributed by atoms with Crippen LogP contribution >= 0.6 is 24.0 Å². The standard InChI is InChI=1S/C22H19FN2O4S2/c1-2-25-15(12-28-22(25)27)9-13-3-6-16(7-4-13)29-18-8-5-14(10-17(18)23)11-19-20(26)24-21(30)31-19/h3-8,10-11,15H,2,9,12H2,1H3,(H,24,26,30)/b19-11+. The van der Waals surface area contributed by atoms with E-state index in [1.165, 1.54) is 12.1 Å². The summed E-state index contributed by atoms with van der Waals surface area (Å²) in [6, 6.07) is 11.8. The van der Waals surface area contributed by atoms with Crippen molar-refractivity contribution >= 4 is 46.4 Å². The average molecular weight is 459 g/mol. The number of benzene rings is 2. The van der Waals surface area contributed by atoms with Crippen molar-refractivity contribution in [2.24, 2.45) is 0 Å². The van der Waals surface area contributed by atoms with E-state index in [2.05, 4.69) is 5.32 Å². The topological polar surface area (TPSA) is 67.9 Å². The molecule has 1 N–H and O–H groups in total. The number of nitrogens with zero attached hydrogens (tertiary/aromatic N) is 1. The lowest BCUT2D eigenvalue weighted by Gasteiger charge is -2.19. The molecule has 2 aromatic carbocycles. The molecule has 0 aromatic heterocycles. The summed E-state index contributed by atoms with van der Waals surface area (Å²) in [4.78, 5) is 25.5. The van der Waals surface area contributed by atoms with Gasteiger partial charge >= 0.3 is 6.09 Å². The lowest BCUT2D eigenvalue weighted by Crippen LogP contribution is -2.34. The number of rotatable bonds is 6. The smallest absolute Gasteiger partial charge is 0.410 e. The van der Waals surface area contributed by atoms with E-state index < -0.39 is 5.82 Å². The third-order valence-electron chi connectivity index (χ3n) is 4.93. The van der Waals surface area contributed by atoms with Gasteiger partial charge in [-0.15, -0.1) is 0 Å². The summed E-state index contributed by atoms with van der Waals surface area (Å²) in [5.41, 5.74) is 1.57. The molecule has 1 unspecified atom stereocenters. The maximum absolute atomic E-state index is 14.5. The van der Waals surface area contributed by atoms with Crippen LogP contribution in [0.15, 0.2) is 47.4 Å². The Morgan fingerprint density at radius 2 is 2.06 bits per heavy atom. The first-order valence-corrected chi connectivity index (χ1v) is 10.9. The van der Waals surface area contributed by atoms with Crippen LogP contribution in [0.3, 0.4) is 0 Å². The Hall–Kier alpha value is -2.91. The highest BCUT2D eigenvalue weighted by Crippen LogP contribution is 2.29. The zero-order chi connectivity index (χ0) is 22.0.